The van der Waals surface area contributed by atoms with Crippen molar-refractivity contribution in [2.45, 2.75) is 17.8 Å². The Kier molecular flexibility index (Phi) is 0.758. The molecule has 5 saturated carbocycles. The van der Waals surface area contributed by atoms with E-state index in [1.54, 1.807) is 0 Å². The molecule has 2 heterocycles. The van der Waals surface area contributed by atoms with E-state index < -0.39 is 17.4 Å². The van der Waals surface area contributed by atoms with Gasteiger partial charge in [0.25, 0.3) is 0 Å². The zero-order chi connectivity index (χ0) is 10.6. The third-order valence-electron chi connectivity index (χ3n) is 7.06. The van der Waals surface area contributed by atoms with E-state index in [2.05, 4.69) is 0 Å². The molecule has 0 spiro atoms. The molecule has 0 amide bonds. The molecule has 4 bridgehead atoms. The van der Waals surface area contributed by atoms with E-state index in [0.717, 1.165) is 6.42 Å². The zero-order valence-corrected chi connectivity index (χ0v) is 8.54. The summed E-state index contributed by atoms with van der Waals surface area (Å²) in [4.78, 5) is 11.9. The fraction of sp³-hybridized carbons (Fsp3) is 0.917. The highest BCUT2D eigenvalue weighted by Gasteiger charge is 2.96. The molecule has 4 nitrogen and oxygen atoms in total. The monoisotopic (exact) mass is 220 g/mol. The lowest BCUT2D eigenvalue weighted by Crippen LogP contribution is -2.74. The average Bonchev–Trinajstić information content (AvgIpc) is 2.66. The predicted octanol–water partition coefficient (Wildman–Crippen LogP) is -0.649. The van der Waals surface area contributed by atoms with Gasteiger partial charge in [0, 0.05) is 23.7 Å². The van der Waals surface area contributed by atoms with E-state index in [4.69, 9.17) is 4.74 Å². The quantitative estimate of drug-likeness (QED) is 0.532. The molecular formula is C12H12O4. The number of esters is 1. The van der Waals surface area contributed by atoms with E-state index in [1.165, 1.54) is 0 Å². The van der Waals surface area contributed by atoms with Crippen LogP contribution in [0.15, 0.2) is 0 Å². The van der Waals surface area contributed by atoms with Gasteiger partial charge in [0.2, 0.25) is 5.79 Å². The molecule has 2 unspecified atom stereocenters. The minimum Gasteiger partial charge on any atom is -0.430 e. The van der Waals surface area contributed by atoms with Crippen LogP contribution in [0.3, 0.4) is 0 Å². The molecule has 7 rings (SSSR count). The Bertz CT molecular complexity index is 489. The number of rotatable bonds is 0. The van der Waals surface area contributed by atoms with Crippen molar-refractivity contribution < 1.29 is 19.7 Å². The molecule has 2 N–H and O–H groups in total. The molecule has 16 heavy (non-hydrogen) atoms. The third-order valence-corrected chi connectivity index (χ3v) is 7.06. The number of fused-ring (bicyclic) bond motifs is 1. The van der Waals surface area contributed by atoms with Gasteiger partial charge in [0.05, 0.1) is 0 Å². The average molecular weight is 220 g/mol. The van der Waals surface area contributed by atoms with Crippen LogP contribution in [0.25, 0.3) is 0 Å². The molecule has 2 aliphatic heterocycles. The molecule has 0 radical (unpaired) electrons. The Morgan fingerprint density at radius 1 is 1.06 bits per heavy atom. The highest BCUT2D eigenvalue weighted by atomic mass is 16.7. The second-order valence-corrected chi connectivity index (χ2v) is 6.79. The van der Waals surface area contributed by atoms with Crippen LogP contribution in [0.2, 0.25) is 0 Å². The number of carbonyl (C=O) groups is 1. The maximum absolute atomic E-state index is 11.9. The summed E-state index contributed by atoms with van der Waals surface area (Å²) in [6, 6.07) is 0. The molecule has 4 heteroatoms. The highest BCUT2D eigenvalue weighted by molar-refractivity contribution is 5.85. The second-order valence-electron chi connectivity index (χ2n) is 6.79. The van der Waals surface area contributed by atoms with Crippen molar-refractivity contribution in [2.75, 3.05) is 0 Å². The molecule has 0 aromatic rings. The van der Waals surface area contributed by atoms with E-state index in [-0.39, 0.29) is 23.7 Å². The van der Waals surface area contributed by atoms with Crippen molar-refractivity contribution in [3.63, 3.8) is 0 Å². The molecule has 0 aromatic heterocycles. The van der Waals surface area contributed by atoms with E-state index >= 15 is 0 Å². The van der Waals surface area contributed by atoms with Gasteiger partial charge in [0.1, 0.15) is 0 Å². The summed E-state index contributed by atoms with van der Waals surface area (Å²) in [6.45, 7) is 0. The summed E-state index contributed by atoms with van der Waals surface area (Å²) >= 11 is 0. The number of carbonyl (C=O) groups excluding carboxylic acids is 1. The Labute approximate surface area is 91.6 Å². The molecule has 5 aliphatic carbocycles. The molecule has 10 atom stereocenters. The summed E-state index contributed by atoms with van der Waals surface area (Å²) in [5.41, 5.74) is -1.23. The molecule has 2 saturated heterocycles. The van der Waals surface area contributed by atoms with Gasteiger partial charge < -0.3 is 14.9 Å². The minimum atomic E-state index is -1.23. The second kappa shape index (κ2) is 1.58. The van der Waals surface area contributed by atoms with E-state index in [0.29, 0.717) is 23.7 Å². The summed E-state index contributed by atoms with van der Waals surface area (Å²) in [5, 5.41) is 21.4. The minimum absolute atomic E-state index is 0.00810. The van der Waals surface area contributed by atoms with Crippen molar-refractivity contribution in [1.29, 1.82) is 0 Å². The highest BCUT2D eigenvalue weighted by Crippen LogP contribution is 2.89. The summed E-state index contributed by atoms with van der Waals surface area (Å²) in [5.74, 6) is 0.466. The first kappa shape index (κ1) is 7.67. The van der Waals surface area contributed by atoms with Crippen LogP contribution >= 0.6 is 0 Å². The summed E-state index contributed by atoms with van der Waals surface area (Å²) in [7, 11) is 0. The summed E-state index contributed by atoms with van der Waals surface area (Å²) < 4.78 is 5.22. The van der Waals surface area contributed by atoms with Crippen LogP contribution in [-0.2, 0) is 9.53 Å². The van der Waals surface area contributed by atoms with Gasteiger partial charge in [-0.25, -0.2) is 4.79 Å². The van der Waals surface area contributed by atoms with Crippen LogP contribution in [0, 0.1) is 47.3 Å². The first-order valence-corrected chi connectivity index (χ1v) is 6.28. The Morgan fingerprint density at radius 3 is 2.56 bits per heavy atom. The molecule has 7 aliphatic rings. The van der Waals surface area contributed by atoms with Crippen molar-refractivity contribution in [1.82, 2.24) is 0 Å². The van der Waals surface area contributed by atoms with Gasteiger partial charge in [0.15, 0.2) is 5.60 Å². The molecule has 0 aromatic carbocycles. The standard InChI is InChI=1S/C12H12O4/c13-10-11(14)6-2-1-3-5-4(2)8(11)9(5)12(15,16-10)7(3)6/h2-9,14-15H,1H2/t2-,3+,4-,5+,6-,7+,8-,9+,11?,12?/m1/s1. The van der Waals surface area contributed by atoms with Gasteiger partial charge in [-0.05, 0) is 30.1 Å². The number of hydrogen-bond donors (Lipinski definition) is 2. The third kappa shape index (κ3) is 0.371. The van der Waals surface area contributed by atoms with Crippen LogP contribution in [0.5, 0.6) is 0 Å². The van der Waals surface area contributed by atoms with Gasteiger partial charge in [-0.1, -0.05) is 0 Å². The lowest BCUT2D eigenvalue weighted by atomic mass is 9.53. The maximum Gasteiger partial charge on any atom is 0.341 e. The van der Waals surface area contributed by atoms with Gasteiger partial charge in [-0.2, -0.15) is 0 Å². The Morgan fingerprint density at radius 2 is 1.75 bits per heavy atom. The van der Waals surface area contributed by atoms with Crippen LogP contribution in [0.4, 0.5) is 0 Å². The maximum atomic E-state index is 11.9. The first-order valence-electron chi connectivity index (χ1n) is 6.28. The smallest absolute Gasteiger partial charge is 0.341 e. The van der Waals surface area contributed by atoms with Crippen LogP contribution in [0.1, 0.15) is 6.42 Å². The number of hydrogen-bond acceptors (Lipinski definition) is 4. The van der Waals surface area contributed by atoms with Crippen LogP contribution in [-0.4, -0.2) is 27.6 Å². The largest absolute Gasteiger partial charge is 0.430 e. The summed E-state index contributed by atoms with van der Waals surface area (Å²) in [6.07, 6.45) is 1.11. The lowest BCUT2D eigenvalue weighted by molar-refractivity contribution is -0.350. The number of ether oxygens (including phenoxy) is 1. The van der Waals surface area contributed by atoms with Crippen molar-refractivity contribution in [2.24, 2.45) is 47.3 Å². The molecular weight excluding hydrogens is 208 g/mol. The fourth-order valence-electron chi connectivity index (χ4n) is 7.20. The van der Waals surface area contributed by atoms with Crippen LogP contribution < -0.4 is 0 Å². The topological polar surface area (TPSA) is 66.8 Å². The Hall–Kier alpha value is -0.610. The van der Waals surface area contributed by atoms with Gasteiger partial charge >= 0.3 is 5.97 Å². The lowest BCUT2D eigenvalue weighted by Gasteiger charge is -2.59. The molecule has 7 fully saturated rings. The van der Waals surface area contributed by atoms with Gasteiger partial charge in [-0.3, -0.25) is 0 Å². The van der Waals surface area contributed by atoms with Gasteiger partial charge in [-0.15, -0.1) is 0 Å². The van der Waals surface area contributed by atoms with E-state index in [1.807, 2.05) is 0 Å². The van der Waals surface area contributed by atoms with Crippen molar-refractivity contribution in [3.05, 3.63) is 0 Å². The van der Waals surface area contributed by atoms with Crippen molar-refractivity contribution >= 4 is 5.97 Å². The fourth-order valence-corrected chi connectivity index (χ4v) is 7.20. The Balaban J connectivity index is 1.78. The zero-order valence-electron chi connectivity index (χ0n) is 8.54. The normalized spacial score (nSPS) is 83.2. The SMILES string of the molecule is O=C1OC2(O)[C@H]3[C@H]4C[C@@H]5[C@@H]6[C@H]4[C@H]2[C@@H]6C1(O)[C@H]53. The first-order chi connectivity index (χ1) is 7.60. The van der Waals surface area contributed by atoms with Crippen molar-refractivity contribution in [3.8, 4) is 0 Å². The predicted molar refractivity (Wildman–Crippen MR) is 48.5 cm³/mol. The molecule has 84 valence electrons. The number of aliphatic hydroxyl groups is 2. The van der Waals surface area contributed by atoms with E-state index in [9.17, 15) is 15.0 Å².